The van der Waals surface area contributed by atoms with E-state index in [0.29, 0.717) is 29.2 Å². The number of nitrogens with zero attached hydrogens (tertiary/aromatic N) is 1. The van der Waals surface area contributed by atoms with Gasteiger partial charge in [-0.1, -0.05) is 18.2 Å². The first kappa shape index (κ1) is 17.1. The van der Waals surface area contributed by atoms with Crippen molar-refractivity contribution in [2.45, 2.75) is 26.3 Å². The summed E-state index contributed by atoms with van der Waals surface area (Å²) in [6.45, 7) is 2.92. The van der Waals surface area contributed by atoms with Gasteiger partial charge in [0.1, 0.15) is 6.04 Å². The highest BCUT2D eigenvalue weighted by Crippen LogP contribution is 2.38. The number of Topliss-reactive ketones (excluding diaryl/α,β-unsaturated/α-hetero) is 1. The van der Waals surface area contributed by atoms with Crippen LogP contribution >= 0.6 is 0 Å². The Hall–Kier alpha value is -3.35. The Morgan fingerprint density at radius 3 is 2.48 bits per heavy atom. The molecule has 2 aliphatic rings. The van der Waals surface area contributed by atoms with E-state index in [1.807, 2.05) is 24.3 Å². The predicted octanol–water partition coefficient (Wildman–Crippen LogP) is 2.53. The smallest absolute Gasteiger partial charge is 0.247 e. The van der Waals surface area contributed by atoms with Gasteiger partial charge in [0.2, 0.25) is 18.6 Å². The van der Waals surface area contributed by atoms with Gasteiger partial charge in [-0.3, -0.25) is 19.3 Å². The second-order valence-corrected chi connectivity index (χ2v) is 6.53. The average Bonchev–Trinajstić information content (AvgIpc) is 3.24. The highest BCUT2D eigenvalue weighted by atomic mass is 16.7. The molecule has 0 saturated carbocycles. The Balaban J connectivity index is 1.65. The molecule has 2 amide bonds. The van der Waals surface area contributed by atoms with Gasteiger partial charge in [-0.15, -0.1) is 0 Å². The molecule has 0 spiro atoms. The summed E-state index contributed by atoms with van der Waals surface area (Å²) in [5.74, 6) is 0.160. The number of ether oxygens (including phenoxy) is 2. The first-order valence-corrected chi connectivity index (χ1v) is 8.59. The van der Waals surface area contributed by atoms with E-state index in [1.165, 1.54) is 18.7 Å². The van der Waals surface area contributed by atoms with Crippen molar-refractivity contribution in [1.82, 2.24) is 0 Å². The van der Waals surface area contributed by atoms with Crippen LogP contribution in [0.25, 0.3) is 0 Å². The fraction of sp³-hybridized carbons (Fsp3) is 0.250. The van der Waals surface area contributed by atoms with E-state index in [2.05, 4.69) is 5.32 Å². The van der Waals surface area contributed by atoms with Gasteiger partial charge in [0, 0.05) is 30.7 Å². The molecule has 2 aromatic carbocycles. The number of anilines is 2. The van der Waals surface area contributed by atoms with Crippen LogP contribution in [0.3, 0.4) is 0 Å². The minimum absolute atomic E-state index is 0.0696. The normalized spacial score (nSPS) is 16.8. The SMILES string of the molecule is CC(=O)c1cc2c(cc1NC(=O)C1Cc3ccccc3N1C(C)=O)OCO2. The average molecular weight is 366 g/mol. The van der Waals surface area contributed by atoms with Gasteiger partial charge in [-0.05, 0) is 24.6 Å². The maximum atomic E-state index is 13.0. The van der Waals surface area contributed by atoms with Gasteiger partial charge in [0.05, 0.1) is 5.69 Å². The third-order valence-corrected chi connectivity index (χ3v) is 4.77. The molecule has 1 atom stereocenters. The third-order valence-electron chi connectivity index (χ3n) is 4.77. The Kier molecular flexibility index (Phi) is 4.07. The number of carbonyl (C=O) groups excluding carboxylic acids is 3. The number of hydrogen-bond donors (Lipinski definition) is 1. The number of fused-ring (bicyclic) bond motifs is 2. The molecule has 7 heteroatoms. The van der Waals surface area contributed by atoms with E-state index in [9.17, 15) is 14.4 Å². The summed E-state index contributed by atoms with van der Waals surface area (Å²) in [7, 11) is 0. The molecule has 0 bridgehead atoms. The van der Waals surface area contributed by atoms with Crippen molar-refractivity contribution in [2.24, 2.45) is 0 Å². The molecule has 27 heavy (non-hydrogen) atoms. The standard InChI is InChI=1S/C20H18N2O5/c1-11(23)14-8-18-19(27-10-26-18)9-15(14)21-20(25)17-7-13-5-3-4-6-16(13)22(17)12(2)24/h3-6,8-9,17H,7,10H2,1-2H3,(H,21,25). The maximum Gasteiger partial charge on any atom is 0.247 e. The van der Waals surface area contributed by atoms with Gasteiger partial charge in [-0.25, -0.2) is 0 Å². The molecule has 0 aromatic heterocycles. The number of carbonyl (C=O) groups is 3. The Morgan fingerprint density at radius 2 is 1.78 bits per heavy atom. The first-order chi connectivity index (χ1) is 13.0. The van der Waals surface area contributed by atoms with Crippen LogP contribution in [0.15, 0.2) is 36.4 Å². The summed E-state index contributed by atoms with van der Waals surface area (Å²) < 4.78 is 10.6. The van der Waals surface area contributed by atoms with Crippen LogP contribution < -0.4 is 19.7 Å². The number of rotatable bonds is 3. The zero-order chi connectivity index (χ0) is 19.1. The molecule has 138 valence electrons. The molecule has 2 aliphatic heterocycles. The Bertz CT molecular complexity index is 969. The highest BCUT2D eigenvalue weighted by Gasteiger charge is 2.37. The van der Waals surface area contributed by atoms with Crippen molar-refractivity contribution in [2.75, 3.05) is 17.0 Å². The molecule has 0 fully saturated rings. The molecule has 7 nitrogen and oxygen atoms in total. The van der Waals surface area contributed by atoms with Crippen LogP contribution in [-0.2, 0) is 16.0 Å². The number of para-hydroxylation sites is 1. The van der Waals surface area contributed by atoms with E-state index in [0.717, 1.165) is 11.3 Å². The van der Waals surface area contributed by atoms with E-state index in [1.54, 1.807) is 12.1 Å². The number of hydrogen-bond acceptors (Lipinski definition) is 5. The van der Waals surface area contributed by atoms with Crippen molar-refractivity contribution in [3.8, 4) is 11.5 Å². The lowest BCUT2D eigenvalue weighted by atomic mass is 10.1. The van der Waals surface area contributed by atoms with Crippen LogP contribution in [0.2, 0.25) is 0 Å². The van der Waals surface area contributed by atoms with Gasteiger partial charge in [-0.2, -0.15) is 0 Å². The minimum Gasteiger partial charge on any atom is -0.454 e. The van der Waals surface area contributed by atoms with Crippen LogP contribution in [0.4, 0.5) is 11.4 Å². The minimum atomic E-state index is -0.676. The summed E-state index contributed by atoms with van der Waals surface area (Å²) in [6, 6.07) is 9.91. The fourth-order valence-corrected chi connectivity index (χ4v) is 3.54. The molecule has 2 aromatic rings. The summed E-state index contributed by atoms with van der Waals surface area (Å²) >= 11 is 0. The van der Waals surface area contributed by atoms with Crippen molar-refractivity contribution in [1.29, 1.82) is 0 Å². The largest absolute Gasteiger partial charge is 0.454 e. The predicted molar refractivity (Wildman–Crippen MR) is 98.3 cm³/mol. The number of ketones is 1. The van der Waals surface area contributed by atoms with E-state index < -0.39 is 6.04 Å². The van der Waals surface area contributed by atoms with Crippen LogP contribution in [-0.4, -0.2) is 30.4 Å². The monoisotopic (exact) mass is 366 g/mol. The summed E-state index contributed by atoms with van der Waals surface area (Å²) in [6.07, 6.45) is 0.418. The third kappa shape index (κ3) is 2.91. The topological polar surface area (TPSA) is 84.9 Å². The molecular weight excluding hydrogens is 348 g/mol. The zero-order valence-electron chi connectivity index (χ0n) is 14.9. The second-order valence-electron chi connectivity index (χ2n) is 6.53. The van der Waals surface area contributed by atoms with Crippen molar-refractivity contribution in [3.63, 3.8) is 0 Å². The quantitative estimate of drug-likeness (QED) is 0.844. The molecular formula is C20H18N2O5. The van der Waals surface area contributed by atoms with Crippen molar-refractivity contribution in [3.05, 3.63) is 47.5 Å². The first-order valence-electron chi connectivity index (χ1n) is 8.59. The Labute approximate surface area is 155 Å². The Morgan fingerprint density at radius 1 is 1.07 bits per heavy atom. The molecule has 4 rings (SSSR count). The second kappa shape index (κ2) is 6.42. The van der Waals surface area contributed by atoms with Crippen molar-refractivity contribution >= 4 is 29.0 Å². The number of amides is 2. The zero-order valence-corrected chi connectivity index (χ0v) is 14.9. The van der Waals surface area contributed by atoms with Gasteiger partial charge >= 0.3 is 0 Å². The van der Waals surface area contributed by atoms with Crippen LogP contribution in [0.5, 0.6) is 11.5 Å². The van der Waals surface area contributed by atoms with Crippen LogP contribution in [0, 0.1) is 0 Å². The van der Waals surface area contributed by atoms with Gasteiger partial charge < -0.3 is 14.8 Å². The lowest BCUT2D eigenvalue weighted by Gasteiger charge is -2.24. The molecule has 1 unspecified atom stereocenters. The molecule has 2 heterocycles. The molecule has 1 N–H and O–H groups in total. The lowest BCUT2D eigenvalue weighted by Crippen LogP contribution is -2.44. The van der Waals surface area contributed by atoms with Gasteiger partial charge in [0.25, 0.3) is 0 Å². The van der Waals surface area contributed by atoms with Gasteiger partial charge in [0.15, 0.2) is 17.3 Å². The van der Waals surface area contributed by atoms with E-state index in [4.69, 9.17) is 9.47 Å². The fourth-order valence-electron chi connectivity index (χ4n) is 3.54. The summed E-state index contributed by atoms with van der Waals surface area (Å²) in [4.78, 5) is 38.6. The maximum absolute atomic E-state index is 13.0. The lowest BCUT2D eigenvalue weighted by molar-refractivity contribution is -0.122. The molecule has 0 saturated heterocycles. The van der Waals surface area contributed by atoms with E-state index >= 15 is 0 Å². The summed E-state index contributed by atoms with van der Waals surface area (Å²) in [5, 5.41) is 2.79. The molecule has 0 radical (unpaired) electrons. The molecule has 0 aliphatic carbocycles. The highest BCUT2D eigenvalue weighted by molar-refractivity contribution is 6.09. The van der Waals surface area contributed by atoms with Crippen molar-refractivity contribution < 1.29 is 23.9 Å². The summed E-state index contributed by atoms with van der Waals surface area (Å²) in [5.41, 5.74) is 2.35. The van der Waals surface area contributed by atoms with E-state index in [-0.39, 0.29) is 24.4 Å². The van der Waals surface area contributed by atoms with Crippen LogP contribution in [0.1, 0.15) is 29.8 Å². The number of nitrogens with one attached hydrogen (secondary N) is 1. The number of benzene rings is 2.